The summed E-state index contributed by atoms with van der Waals surface area (Å²) >= 11 is 0. The third-order valence-electron chi connectivity index (χ3n) is 2.47. The number of carbonyl (C=O) groups is 3. The summed E-state index contributed by atoms with van der Waals surface area (Å²) in [4.78, 5) is 32.6. The lowest BCUT2D eigenvalue weighted by atomic mass is 9.88. The largest absolute Gasteiger partial charge is 0.481 e. The summed E-state index contributed by atoms with van der Waals surface area (Å²) in [6.07, 6.45) is -1.14. The molecule has 0 saturated carbocycles. The van der Waals surface area contributed by atoms with E-state index in [0.29, 0.717) is 6.42 Å². The molecule has 0 radical (unpaired) electrons. The molecule has 0 aliphatic rings. The van der Waals surface area contributed by atoms with Crippen molar-refractivity contribution in [2.24, 2.45) is 5.92 Å². The lowest BCUT2D eigenvalue weighted by molar-refractivity contribution is -0.167. The number of carbonyl (C=O) groups excluding carboxylic acids is 1. The monoisotopic (exact) mass is 232 g/mol. The molecule has 3 N–H and O–H groups in total. The van der Waals surface area contributed by atoms with E-state index in [4.69, 9.17) is 10.2 Å². The minimum Gasteiger partial charge on any atom is -0.481 e. The molecule has 0 rings (SSSR count). The van der Waals surface area contributed by atoms with Gasteiger partial charge in [0.25, 0.3) is 0 Å². The number of hydrogen-bond donors (Lipinski definition) is 3. The third kappa shape index (κ3) is 3.98. The van der Waals surface area contributed by atoms with Crippen LogP contribution < -0.4 is 0 Å². The van der Waals surface area contributed by atoms with E-state index in [2.05, 4.69) is 0 Å². The molecule has 0 bridgehead atoms. The topological polar surface area (TPSA) is 112 Å². The third-order valence-corrected chi connectivity index (χ3v) is 2.47. The first-order valence-electron chi connectivity index (χ1n) is 4.93. The van der Waals surface area contributed by atoms with Crippen molar-refractivity contribution in [3.05, 3.63) is 0 Å². The molecule has 0 heterocycles. The maximum absolute atomic E-state index is 11.5. The van der Waals surface area contributed by atoms with Gasteiger partial charge in [0.15, 0.2) is 5.60 Å². The summed E-state index contributed by atoms with van der Waals surface area (Å²) in [7, 11) is 0. The van der Waals surface area contributed by atoms with Crippen LogP contribution in [0.3, 0.4) is 0 Å². The molecule has 92 valence electrons. The molecule has 0 fully saturated rings. The molecule has 0 aliphatic heterocycles. The maximum Gasteiger partial charge on any atom is 0.336 e. The lowest BCUT2D eigenvalue weighted by Gasteiger charge is -2.21. The van der Waals surface area contributed by atoms with Crippen LogP contribution in [0, 0.1) is 5.92 Å². The number of Topliss-reactive ketones (excluding diaryl/α,β-unsaturated/α-hetero) is 1. The highest BCUT2D eigenvalue weighted by molar-refractivity contribution is 5.91. The Morgan fingerprint density at radius 1 is 1.19 bits per heavy atom. The van der Waals surface area contributed by atoms with Gasteiger partial charge >= 0.3 is 11.9 Å². The van der Waals surface area contributed by atoms with Crippen LogP contribution in [-0.4, -0.2) is 38.6 Å². The zero-order chi connectivity index (χ0) is 12.9. The lowest BCUT2D eigenvalue weighted by Crippen LogP contribution is -2.43. The van der Waals surface area contributed by atoms with Crippen molar-refractivity contribution in [2.75, 3.05) is 0 Å². The van der Waals surface area contributed by atoms with Crippen LogP contribution in [0.2, 0.25) is 0 Å². The Bertz CT molecular complexity index is 298. The van der Waals surface area contributed by atoms with E-state index in [1.165, 1.54) is 0 Å². The van der Waals surface area contributed by atoms with E-state index in [9.17, 15) is 19.5 Å². The quantitative estimate of drug-likeness (QED) is 0.581. The predicted octanol–water partition coefficient (Wildman–Crippen LogP) is 0.282. The molecular formula is C10H16O6. The fraction of sp³-hybridized carbons (Fsp3) is 0.700. The van der Waals surface area contributed by atoms with Crippen LogP contribution >= 0.6 is 0 Å². The molecule has 0 saturated heterocycles. The normalized spacial score (nSPS) is 16.2. The average molecular weight is 232 g/mol. The van der Waals surface area contributed by atoms with Gasteiger partial charge in [0.1, 0.15) is 5.78 Å². The van der Waals surface area contributed by atoms with Gasteiger partial charge < -0.3 is 15.3 Å². The second-order valence-electron chi connectivity index (χ2n) is 3.86. The van der Waals surface area contributed by atoms with Crippen molar-refractivity contribution in [2.45, 2.75) is 38.7 Å². The van der Waals surface area contributed by atoms with E-state index in [1.54, 1.807) is 13.8 Å². The van der Waals surface area contributed by atoms with Crippen LogP contribution in [0.15, 0.2) is 0 Å². The number of carboxylic acids is 2. The standard InChI is InChI=1S/C10H16O6/c1-3-6(2)7(11)4-10(16,9(14)15)5-8(12)13/h6,16H,3-5H2,1-2H3,(H,12,13)(H,14,15). The molecular weight excluding hydrogens is 216 g/mol. The second kappa shape index (κ2) is 5.60. The molecule has 16 heavy (non-hydrogen) atoms. The maximum atomic E-state index is 11.5. The Kier molecular flexibility index (Phi) is 5.10. The fourth-order valence-electron chi connectivity index (χ4n) is 1.15. The highest BCUT2D eigenvalue weighted by Crippen LogP contribution is 2.20. The van der Waals surface area contributed by atoms with Gasteiger partial charge in [-0.1, -0.05) is 13.8 Å². The number of ketones is 1. The summed E-state index contributed by atoms with van der Waals surface area (Å²) < 4.78 is 0. The molecule has 2 atom stereocenters. The summed E-state index contributed by atoms with van der Waals surface area (Å²) in [5.74, 6) is -3.98. The van der Waals surface area contributed by atoms with Gasteiger partial charge in [0.2, 0.25) is 0 Å². The smallest absolute Gasteiger partial charge is 0.336 e. The van der Waals surface area contributed by atoms with Gasteiger partial charge in [-0.2, -0.15) is 0 Å². The summed E-state index contributed by atoms with van der Waals surface area (Å²) in [6, 6.07) is 0. The Balaban J connectivity index is 4.75. The number of carboxylic acid groups (broad SMARTS) is 2. The molecule has 0 aromatic heterocycles. The number of aliphatic carboxylic acids is 2. The number of rotatable bonds is 7. The van der Waals surface area contributed by atoms with Gasteiger partial charge in [-0.3, -0.25) is 9.59 Å². The van der Waals surface area contributed by atoms with Gasteiger partial charge in [-0.05, 0) is 6.42 Å². The number of aliphatic hydroxyl groups is 1. The number of hydrogen-bond acceptors (Lipinski definition) is 4. The van der Waals surface area contributed by atoms with Gasteiger partial charge in [0, 0.05) is 12.3 Å². The Hall–Kier alpha value is -1.43. The van der Waals surface area contributed by atoms with Crippen molar-refractivity contribution in [1.82, 2.24) is 0 Å². The van der Waals surface area contributed by atoms with E-state index in [1.807, 2.05) is 0 Å². The first kappa shape index (κ1) is 14.6. The van der Waals surface area contributed by atoms with Crippen LogP contribution in [0.5, 0.6) is 0 Å². The van der Waals surface area contributed by atoms with Crippen LogP contribution in [0.25, 0.3) is 0 Å². The van der Waals surface area contributed by atoms with Crippen LogP contribution in [0.4, 0.5) is 0 Å². The van der Waals surface area contributed by atoms with E-state index < -0.39 is 36.2 Å². The van der Waals surface area contributed by atoms with E-state index in [0.717, 1.165) is 0 Å². The minimum atomic E-state index is -2.51. The molecule has 0 amide bonds. The van der Waals surface area contributed by atoms with Crippen molar-refractivity contribution in [3.63, 3.8) is 0 Å². The molecule has 0 aromatic rings. The predicted molar refractivity (Wildman–Crippen MR) is 53.9 cm³/mol. The van der Waals surface area contributed by atoms with Gasteiger partial charge in [-0.15, -0.1) is 0 Å². The van der Waals surface area contributed by atoms with Gasteiger partial charge in [0.05, 0.1) is 6.42 Å². The summed E-state index contributed by atoms with van der Waals surface area (Å²) in [6.45, 7) is 3.35. The first-order valence-corrected chi connectivity index (χ1v) is 4.93. The van der Waals surface area contributed by atoms with Crippen LogP contribution in [-0.2, 0) is 14.4 Å². The summed E-state index contributed by atoms with van der Waals surface area (Å²) in [5, 5.41) is 26.8. The van der Waals surface area contributed by atoms with E-state index in [-0.39, 0.29) is 5.92 Å². The van der Waals surface area contributed by atoms with Gasteiger partial charge in [-0.25, -0.2) is 4.79 Å². The van der Waals surface area contributed by atoms with Crippen molar-refractivity contribution in [1.29, 1.82) is 0 Å². The fourth-order valence-corrected chi connectivity index (χ4v) is 1.15. The molecule has 0 aliphatic carbocycles. The summed E-state index contributed by atoms with van der Waals surface area (Å²) in [5.41, 5.74) is -2.51. The SMILES string of the molecule is CCC(C)C(=O)CC(O)(CC(=O)O)C(=O)O. The van der Waals surface area contributed by atoms with Crippen molar-refractivity contribution >= 4 is 17.7 Å². The van der Waals surface area contributed by atoms with E-state index >= 15 is 0 Å². The highest BCUT2D eigenvalue weighted by atomic mass is 16.4. The van der Waals surface area contributed by atoms with Crippen molar-refractivity contribution < 1.29 is 29.7 Å². The Morgan fingerprint density at radius 3 is 2.00 bits per heavy atom. The average Bonchev–Trinajstić information content (AvgIpc) is 2.14. The molecule has 0 aromatic carbocycles. The molecule has 0 spiro atoms. The zero-order valence-electron chi connectivity index (χ0n) is 9.27. The first-order chi connectivity index (χ1) is 7.23. The highest BCUT2D eigenvalue weighted by Gasteiger charge is 2.41. The molecule has 6 nitrogen and oxygen atoms in total. The minimum absolute atomic E-state index is 0.389. The van der Waals surface area contributed by atoms with Crippen LogP contribution in [0.1, 0.15) is 33.1 Å². The molecule has 2 unspecified atom stereocenters. The second-order valence-corrected chi connectivity index (χ2v) is 3.86. The Morgan fingerprint density at radius 2 is 1.69 bits per heavy atom. The molecule has 6 heteroatoms. The van der Waals surface area contributed by atoms with Crippen molar-refractivity contribution in [3.8, 4) is 0 Å². The zero-order valence-corrected chi connectivity index (χ0v) is 9.27. The Labute approximate surface area is 92.9 Å².